The van der Waals surface area contributed by atoms with Crippen molar-refractivity contribution in [2.45, 2.75) is 13.5 Å². The second-order valence-electron chi connectivity index (χ2n) is 7.54. The molecule has 0 atom stereocenters. The molecular weight excluding hydrogens is 436 g/mol. The van der Waals surface area contributed by atoms with E-state index in [1.807, 2.05) is 6.92 Å². The molecule has 0 saturated heterocycles. The molecule has 1 aliphatic rings. The maximum Gasteiger partial charge on any atom is 0.266 e. The van der Waals surface area contributed by atoms with Crippen LogP contribution in [0.5, 0.6) is 17.2 Å². The second kappa shape index (κ2) is 9.66. The molecule has 3 aromatic carbocycles. The van der Waals surface area contributed by atoms with Crippen molar-refractivity contribution in [3.8, 4) is 17.2 Å². The summed E-state index contributed by atoms with van der Waals surface area (Å²) in [5.41, 5.74) is 1.96. The van der Waals surface area contributed by atoms with Crippen molar-refractivity contribution >= 4 is 23.4 Å². The quantitative estimate of drug-likeness (QED) is 0.514. The molecule has 0 saturated carbocycles. The number of carbonyl (C=O) groups is 3. The average Bonchev–Trinajstić information content (AvgIpc) is 3.12. The van der Waals surface area contributed by atoms with Gasteiger partial charge in [-0.3, -0.25) is 14.4 Å². The standard InChI is InChI=1S/C26H24N2O6/c1-4-34-19-8-6-18(7-9-19)28-25(30)22-10-5-17(13-23(22)26(28)31)24(29)27-15-16-11-20(32-2)14-21(12-16)33-3/h5-14H,4,15H2,1-3H3,(H,27,29). The topological polar surface area (TPSA) is 94.2 Å². The van der Waals surface area contributed by atoms with E-state index in [9.17, 15) is 14.4 Å². The van der Waals surface area contributed by atoms with Gasteiger partial charge in [0.15, 0.2) is 0 Å². The van der Waals surface area contributed by atoms with Crippen LogP contribution in [-0.4, -0.2) is 38.5 Å². The molecule has 8 nitrogen and oxygen atoms in total. The number of anilines is 1. The summed E-state index contributed by atoms with van der Waals surface area (Å²) in [6.45, 7) is 2.62. The monoisotopic (exact) mass is 460 g/mol. The normalized spacial score (nSPS) is 12.4. The zero-order chi connectivity index (χ0) is 24.2. The van der Waals surface area contributed by atoms with Crippen LogP contribution in [0.25, 0.3) is 0 Å². The zero-order valence-electron chi connectivity index (χ0n) is 19.1. The number of fused-ring (bicyclic) bond motifs is 1. The minimum atomic E-state index is -0.476. The van der Waals surface area contributed by atoms with E-state index in [0.717, 1.165) is 10.5 Å². The second-order valence-corrected chi connectivity index (χ2v) is 7.54. The Morgan fingerprint density at radius 2 is 1.47 bits per heavy atom. The number of carbonyl (C=O) groups excluding carboxylic acids is 3. The number of amides is 3. The Morgan fingerprint density at radius 3 is 2.09 bits per heavy atom. The van der Waals surface area contributed by atoms with Crippen LogP contribution in [0.3, 0.4) is 0 Å². The molecule has 0 radical (unpaired) electrons. The summed E-state index contributed by atoms with van der Waals surface area (Å²) in [5.74, 6) is 0.593. The SMILES string of the molecule is CCOc1ccc(N2C(=O)c3ccc(C(=O)NCc4cc(OC)cc(OC)c4)cc3C2=O)cc1. The van der Waals surface area contributed by atoms with Gasteiger partial charge >= 0.3 is 0 Å². The van der Waals surface area contributed by atoms with E-state index in [-0.39, 0.29) is 29.1 Å². The third kappa shape index (κ3) is 4.43. The Hall–Kier alpha value is -4.33. The number of rotatable bonds is 8. The number of nitrogens with zero attached hydrogens (tertiary/aromatic N) is 1. The van der Waals surface area contributed by atoms with Crippen molar-refractivity contribution in [3.63, 3.8) is 0 Å². The van der Waals surface area contributed by atoms with Crippen LogP contribution >= 0.6 is 0 Å². The number of benzene rings is 3. The zero-order valence-corrected chi connectivity index (χ0v) is 19.1. The highest BCUT2D eigenvalue weighted by Crippen LogP contribution is 2.30. The highest BCUT2D eigenvalue weighted by Gasteiger charge is 2.37. The fraction of sp³-hybridized carbons (Fsp3) is 0.192. The average molecular weight is 460 g/mol. The van der Waals surface area contributed by atoms with Crippen molar-refractivity contribution in [2.24, 2.45) is 0 Å². The third-order valence-corrected chi connectivity index (χ3v) is 5.42. The molecule has 0 bridgehead atoms. The van der Waals surface area contributed by atoms with Crippen molar-refractivity contribution in [2.75, 3.05) is 25.7 Å². The van der Waals surface area contributed by atoms with E-state index in [2.05, 4.69) is 5.32 Å². The molecule has 4 rings (SSSR count). The summed E-state index contributed by atoms with van der Waals surface area (Å²) >= 11 is 0. The first-order valence-electron chi connectivity index (χ1n) is 10.7. The van der Waals surface area contributed by atoms with Gasteiger partial charge < -0.3 is 19.5 Å². The summed E-state index contributed by atoms with van der Waals surface area (Å²) in [7, 11) is 3.10. The Labute approximate surface area is 197 Å². The van der Waals surface area contributed by atoms with Gasteiger partial charge in [0.25, 0.3) is 17.7 Å². The van der Waals surface area contributed by atoms with Crippen molar-refractivity contribution < 1.29 is 28.6 Å². The van der Waals surface area contributed by atoms with E-state index >= 15 is 0 Å². The third-order valence-electron chi connectivity index (χ3n) is 5.42. The molecule has 3 aromatic rings. The Bertz CT molecular complexity index is 1230. The van der Waals surface area contributed by atoms with Gasteiger partial charge in [0.1, 0.15) is 17.2 Å². The maximum absolute atomic E-state index is 13.0. The van der Waals surface area contributed by atoms with Gasteiger partial charge in [-0.15, -0.1) is 0 Å². The molecule has 0 aliphatic carbocycles. The fourth-order valence-corrected chi connectivity index (χ4v) is 3.73. The maximum atomic E-state index is 13.0. The smallest absolute Gasteiger partial charge is 0.266 e. The first-order valence-corrected chi connectivity index (χ1v) is 10.7. The van der Waals surface area contributed by atoms with Crippen LogP contribution < -0.4 is 24.4 Å². The van der Waals surface area contributed by atoms with Gasteiger partial charge in [0.05, 0.1) is 37.6 Å². The predicted molar refractivity (Wildman–Crippen MR) is 126 cm³/mol. The van der Waals surface area contributed by atoms with Gasteiger partial charge in [-0.2, -0.15) is 0 Å². The predicted octanol–water partition coefficient (Wildman–Crippen LogP) is 3.83. The summed E-state index contributed by atoms with van der Waals surface area (Å²) in [6, 6.07) is 16.5. The Kier molecular flexibility index (Phi) is 6.49. The summed E-state index contributed by atoms with van der Waals surface area (Å²) in [5, 5.41) is 2.82. The minimum absolute atomic E-state index is 0.189. The molecule has 0 fully saturated rings. The minimum Gasteiger partial charge on any atom is -0.497 e. The Balaban J connectivity index is 1.51. The van der Waals surface area contributed by atoms with Gasteiger partial charge in [-0.25, -0.2) is 4.90 Å². The van der Waals surface area contributed by atoms with Crippen LogP contribution in [0.2, 0.25) is 0 Å². The van der Waals surface area contributed by atoms with Crippen molar-refractivity contribution in [1.29, 1.82) is 0 Å². The number of hydrogen-bond acceptors (Lipinski definition) is 6. The molecule has 8 heteroatoms. The van der Waals surface area contributed by atoms with Gasteiger partial charge in [0, 0.05) is 18.2 Å². The lowest BCUT2D eigenvalue weighted by molar-refractivity contribution is 0.0923. The highest BCUT2D eigenvalue weighted by atomic mass is 16.5. The molecule has 3 amide bonds. The lowest BCUT2D eigenvalue weighted by atomic mass is 10.1. The molecule has 0 spiro atoms. The van der Waals surface area contributed by atoms with Crippen LogP contribution in [-0.2, 0) is 6.54 Å². The molecule has 1 N–H and O–H groups in total. The van der Waals surface area contributed by atoms with Crippen molar-refractivity contribution in [3.05, 3.63) is 82.9 Å². The first-order chi connectivity index (χ1) is 16.4. The number of ether oxygens (including phenoxy) is 3. The summed E-state index contributed by atoms with van der Waals surface area (Å²) in [4.78, 5) is 39.8. The Morgan fingerprint density at radius 1 is 0.824 bits per heavy atom. The van der Waals surface area contributed by atoms with E-state index in [1.54, 1.807) is 56.7 Å². The van der Waals surface area contributed by atoms with Gasteiger partial charge in [-0.1, -0.05) is 0 Å². The van der Waals surface area contributed by atoms with E-state index in [0.29, 0.717) is 29.5 Å². The summed E-state index contributed by atoms with van der Waals surface area (Å²) < 4.78 is 15.9. The van der Waals surface area contributed by atoms with Gasteiger partial charge in [-0.05, 0) is 67.1 Å². The molecule has 0 aromatic heterocycles. The summed E-state index contributed by atoms with van der Waals surface area (Å²) in [6.07, 6.45) is 0. The molecule has 1 aliphatic heterocycles. The molecule has 34 heavy (non-hydrogen) atoms. The van der Waals surface area contributed by atoms with Crippen molar-refractivity contribution in [1.82, 2.24) is 5.32 Å². The lowest BCUT2D eigenvalue weighted by Gasteiger charge is -2.14. The van der Waals surface area contributed by atoms with Gasteiger partial charge in [0.2, 0.25) is 0 Å². The number of hydrogen-bond donors (Lipinski definition) is 1. The van der Waals surface area contributed by atoms with Crippen LogP contribution in [0, 0.1) is 0 Å². The van der Waals surface area contributed by atoms with E-state index in [4.69, 9.17) is 14.2 Å². The molecule has 1 heterocycles. The molecular formula is C26H24N2O6. The lowest BCUT2D eigenvalue weighted by Crippen LogP contribution is -2.29. The van der Waals surface area contributed by atoms with Crippen LogP contribution in [0.1, 0.15) is 43.6 Å². The van der Waals surface area contributed by atoms with Crippen LogP contribution in [0.15, 0.2) is 60.7 Å². The van der Waals surface area contributed by atoms with Crippen LogP contribution in [0.4, 0.5) is 5.69 Å². The number of nitrogens with one attached hydrogen (secondary N) is 1. The van der Waals surface area contributed by atoms with E-state index in [1.165, 1.54) is 18.2 Å². The highest BCUT2D eigenvalue weighted by molar-refractivity contribution is 6.34. The number of imide groups is 1. The molecule has 0 unspecified atom stereocenters. The first kappa shape index (κ1) is 22.8. The number of methoxy groups -OCH3 is 2. The fourth-order valence-electron chi connectivity index (χ4n) is 3.73. The van der Waals surface area contributed by atoms with E-state index < -0.39 is 11.8 Å². The largest absolute Gasteiger partial charge is 0.497 e. The molecule has 174 valence electrons.